The zero-order valence-corrected chi connectivity index (χ0v) is 26.0. The van der Waals surface area contributed by atoms with Crippen LogP contribution in [0.5, 0.6) is 0 Å². The van der Waals surface area contributed by atoms with E-state index in [0.29, 0.717) is 31.6 Å². The molecule has 8 N–H and O–H groups in total. The van der Waals surface area contributed by atoms with Crippen LogP contribution in [0.2, 0.25) is 0 Å². The summed E-state index contributed by atoms with van der Waals surface area (Å²) in [5.41, 5.74) is 7.51. The summed E-state index contributed by atoms with van der Waals surface area (Å²) in [4.78, 5) is 51.1. The van der Waals surface area contributed by atoms with Crippen molar-refractivity contribution >= 4 is 35.1 Å². The van der Waals surface area contributed by atoms with Crippen molar-refractivity contribution < 1.29 is 19.3 Å². The quantitative estimate of drug-likeness (QED) is 0.0387. The third-order valence-corrected chi connectivity index (χ3v) is 7.21. The number of hydrogen-bond donors (Lipinski definition) is 7. The fourth-order valence-electron chi connectivity index (χ4n) is 4.69. The molecular formula is C33H42N8O5. The van der Waals surface area contributed by atoms with Gasteiger partial charge in [-0.2, -0.15) is 0 Å². The first kappa shape index (κ1) is 35.2. The predicted molar refractivity (Wildman–Crippen MR) is 177 cm³/mol. The van der Waals surface area contributed by atoms with Crippen LogP contribution in [-0.4, -0.2) is 53.3 Å². The van der Waals surface area contributed by atoms with Gasteiger partial charge in [0.2, 0.25) is 17.7 Å². The van der Waals surface area contributed by atoms with Gasteiger partial charge < -0.3 is 32.3 Å². The lowest BCUT2D eigenvalue weighted by atomic mass is 10.00. The summed E-state index contributed by atoms with van der Waals surface area (Å²) in [7, 11) is 0. The van der Waals surface area contributed by atoms with Crippen molar-refractivity contribution in [3.05, 3.63) is 106 Å². The molecule has 3 amide bonds. The average Bonchev–Trinajstić information content (AvgIpc) is 3.04. The van der Waals surface area contributed by atoms with Gasteiger partial charge in [0.05, 0.1) is 11.0 Å². The van der Waals surface area contributed by atoms with Gasteiger partial charge in [0.1, 0.15) is 12.1 Å². The number of anilines is 1. The van der Waals surface area contributed by atoms with Gasteiger partial charge in [-0.3, -0.25) is 29.9 Å². The molecule has 244 valence electrons. The summed E-state index contributed by atoms with van der Waals surface area (Å²) in [6.45, 7) is 4.35. The number of nitro groups is 1. The average molecular weight is 631 g/mol. The van der Waals surface area contributed by atoms with Gasteiger partial charge in [-0.05, 0) is 48.4 Å². The minimum atomic E-state index is -1.01. The number of rotatable bonds is 17. The molecule has 0 unspecified atom stereocenters. The smallest absolute Gasteiger partial charge is 0.269 e. The zero-order valence-electron chi connectivity index (χ0n) is 26.0. The first-order valence-electron chi connectivity index (χ1n) is 15.1. The first-order valence-corrected chi connectivity index (χ1v) is 15.1. The molecule has 0 aliphatic rings. The number of nitrogens with one attached hydrogen (secondary N) is 6. The van der Waals surface area contributed by atoms with E-state index < -0.39 is 34.9 Å². The highest BCUT2D eigenvalue weighted by Crippen LogP contribution is 2.16. The van der Waals surface area contributed by atoms with Gasteiger partial charge >= 0.3 is 0 Å². The Kier molecular flexibility index (Phi) is 13.7. The summed E-state index contributed by atoms with van der Waals surface area (Å²) in [5, 5.41) is 32.7. The summed E-state index contributed by atoms with van der Waals surface area (Å²) in [6.07, 6.45) is 0.980. The SMILES string of the molecule is CC(C)[C@H](NC(=O)[C@H](Cc1ccccc1)NCc1ccccc1)C(=O)N[C@@H](CCCNC(=N)N)C(=O)Nc1ccc([N+](=O)[O-])cc1. The molecule has 0 saturated heterocycles. The van der Waals surface area contributed by atoms with Crippen LogP contribution in [0.4, 0.5) is 11.4 Å². The van der Waals surface area contributed by atoms with Crippen molar-refractivity contribution in [3.8, 4) is 0 Å². The Balaban J connectivity index is 1.74. The molecule has 0 saturated carbocycles. The molecule has 0 spiro atoms. The van der Waals surface area contributed by atoms with E-state index in [1.54, 1.807) is 13.8 Å². The number of amides is 3. The number of carbonyl (C=O) groups excluding carboxylic acids is 3. The molecule has 3 atom stereocenters. The minimum absolute atomic E-state index is 0.127. The Labute approximate surface area is 268 Å². The highest BCUT2D eigenvalue weighted by Gasteiger charge is 2.31. The van der Waals surface area contributed by atoms with Crippen LogP contribution >= 0.6 is 0 Å². The van der Waals surface area contributed by atoms with Crippen LogP contribution < -0.4 is 32.3 Å². The minimum Gasteiger partial charge on any atom is -0.370 e. The Morgan fingerprint density at radius 3 is 2.00 bits per heavy atom. The van der Waals surface area contributed by atoms with Crippen LogP contribution in [0.15, 0.2) is 84.9 Å². The molecule has 0 heterocycles. The highest BCUT2D eigenvalue weighted by molar-refractivity contribution is 5.98. The second-order valence-electron chi connectivity index (χ2n) is 11.2. The predicted octanol–water partition coefficient (Wildman–Crippen LogP) is 2.82. The Morgan fingerprint density at radius 1 is 0.826 bits per heavy atom. The van der Waals surface area contributed by atoms with Crippen molar-refractivity contribution in [2.75, 3.05) is 11.9 Å². The standard InChI is InChI=1S/C33H42N8O5/c1-22(2)29(40-31(43)28(20-23-10-5-3-6-11-23)37-21-24-12-7-4-8-13-24)32(44)39-27(14-9-19-36-33(34)35)30(42)38-25-15-17-26(18-16-25)41(45)46/h3-8,10-13,15-18,22,27-29,37H,9,14,19-21H2,1-2H3,(H,38,42)(H,39,44)(H,40,43)(H4,34,35,36)/t27-,28-,29-/m0/s1. The normalized spacial score (nSPS) is 12.8. The van der Waals surface area contributed by atoms with Crippen LogP contribution in [0.3, 0.4) is 0 Å². The number of hydrogen-bond acceptors (Lipinski definition) is 7. The molecule has 0 fully saturated rings. The Hall–Kier alpha value is -5.30. The monoisotopic (exact) mass is 630 g/mol. The molecule has 0 radical (unpaired) electrons. The second-order valence-corrected chi connectivity index (χ2v) is 11.2. The molecular weight excluding hydrogens is 588 g/mol. The molecule has 3 rings (SSSR count). The molecule has 0 bridgehead atoms. The maximum absolute atomic E-state index is 13.7. The van der Waals surface area contributed by atoms with Gasteiger partial charge in [-0.1, -0.05) is 74.5 Å². The molecule has 0 aliphatic heterocycles. The lowest BCUT2D eigenvalue weighted by Gasteiger charge is -2.27. The summed E-state index contributed by atoms with van der Waals surface area (Å²) in [6, 6.07) is 22.0. The second kappa shape index (κ2) is 17.9. The van der Waals surface area contributed by atoms with Gasteiger partial charge in [-0.15, -0.1) is 0 Å². The van der Waals surface area contributed by atoms with Gasteiger partial charge in [0.25, 0.3) is 5.69 Å². The van der Waals surface area contributed by atoms with Crippen molar-refractivity contribution in [1.82, 2.24) is 21.3 Å². The number of nitro benzene ring substituents is 1. The van der Waals surface area contributed by atoms with Crippen molar-refractivity contribution in [2.45, 2.75) is 57.8 Å². The van der Waals surface area contributed by atoms with Crippen LogP contribution in [0, 0.1) is 21.4 Å². The topological polar surface area (TPSA) is 204 Å². The molecule has 3 aromatic rings. The third-order valence-electron chi connectivity index (χ3n) is 7.21. The molecule has 0 aliphatic carbocycles. The number of carbonyl (C=O) groups is 3. The van der Waals surface area contributed by atoms with E-state index >= 15 is 0 Å². The maximum Gasteiger partial charge on any atom is 0.269 e. The maximum atomic E-state index is 13.7. The molecule has 0 aromatic heterocycles. The number of guanidine groups is 1. The van der Waals surface area contributed by atoms with E-state index in [2.05, 4.69) is 26.6 Å². The highest BCUT2D eigenvalue weighted by atomic mass is 16.6. The molecule has 13 heteroatoms. The fraction of sp³-hybridized carbons (Fsp3) is 0.333. The van der Waals surface area contributed by atoms with Gasteiger partial charge in [0.15, 0.2) is 5.96 Å². The number of nitrogens with zero attached hydrogens (tertiary/aromatic N) is 1. The van der Waals surface area contributed by atoms with E-state index in [1.807, 2.05) is 60.7 Å². The van der Waals surface area contributed by atoms with Crippen molar-refractivity contribution in [3.63, 3.8) is 0 Å². The molecule has 3 aromatic carbocycles. The van der Waals surface area contributed by atoms with Crippen molar-refractivity contribution in [1.29, 1.82) is 5.41 Å². The summed E-state index contributed by atoms with van der Waals surface area (Å²) in [5.74, 6) is -1.96. The Morgan fingerprint density at radius 2 is 1.43 bits per heavy atom. The van der Waals surface area contributed by atoms with Crippen LogP contribution in [-0.2, 0) is 27.3 Å². The third kappa shape index (κ3) is 11.7. The van der Waals surface area contributed by atoms with Crippen molar-refractivity contribution in [2.24, 2.45) is 11.7 Å². The van der Waals surface area contributed by atoms with Gasteiger partial charge in [-0.25, -0.2) is 0 Å². The fourth-order valence-corrected chi connectivity index (χ4v) is 4.69. The van der Waals surface area contributed by atoms with Crippen LogP contribution in [0.1, 0.15) is 37.8 Å². The van der Waals surface area contributed by atoms with Gasteiger partial charge in [0, 0.05) is 30.9 Å². The first-order chi connectivity index (χ1) is 22.0. The lowest BCUT2D eigenvalue weighted by Crippen LogP contribution is -2.57. The lowest BCUT2D eigenvalue weighted by molar-refractivity contribution is -0.384. The number of nitrogens with two attached hydrogens (primary N) is 1. The van der Waals surface area contributed by atoms with E-state index in [9.17, 15) is 24.5 Å². The largest absolute Gasteiger partial charge is 0.370 e. The summed E-state index contributed by atoms with van der Waals surface area (Å²) >= 11 is 0. The zero-order chi connectivity index (χ0) is 33.5. The number of benzene rings is 3. The molecule has 46 heavy (non-hydrogen) atoms. The number of non-ortho nitro benzene ring substituents is 1. The summed E-state index contributed by atoms with van der Waals surface area (Å²) < 4.78 is 0. The van der Waals surface area contributed by atoms with Crippen LogP contribution in [0.25, 0.3) is 0 Å². The Bertz CT molecular complexity index is 1450. The molecule has 13 nitrogen and oxygen atoms in total. The van der Waals surface area contributed by atoms with E-state index in [-0.39, 0.29) is 29.9 Å². The van der Waals surface area contributed by atoms with E-state index in [4.69, 9.17) is 11.1 Å². The van der Waals surface area contributed by atoms with E-state index in [1.165, 1.54) is 24.3 Å². The van der Waals surface area contributed by atoms with E-state index in [0.717, 1.165) is 11.1 Å².